The molecular weight excluding hydrogens is 315 g/mol. The average molecular weight is 335 g/mol. The van der Waals surface area contributed by atoms with Crippen molar-refractivity contribution in [3.8, 4) is 0 Å². The van der Waals surface area contributed by atoms with Gasteiger partial charge in [0.2, 0.25) is 0 Å². The van der Waals surface area contributed by atoms with Gasteiger partial charge in [-0.25, -0.2) is 4.79 Å². The predicted molar refractivity (Wildman–Crippen MR) is 82.0 cm³/mol. The van der Waals surface area contributed by atoms with Crippen molar-refractivity contribution < 1.29 is 23.1 Å². The summed E-state index contributed by atoms with van der Waals surface area (Å²) >= 11 is 6.14. The standard InChI is InChI=1S/C14H20ClO5P/c1-4-18-14(16)11-7-8-12(13(15)9-11)10-21(17,19-5-2)20-6-3/h7-9H,4-6,10H2,1-3H3. The molecule has 7 heteroatoms. The van der Waals surface area contributed by atoms with Crippen molar-refractivity contribution in [1.82, 2.24) is 0 Å². The lowest BCUT2D eigenvalue weighted by Gasteiger charge is -2.17. The first-order valence-electron chi connectivity index (χ1n) is 6.79. The van der Waals surface area contributed by atoms with E-state index in [2.05, 4.69) is 0 Å². The smallest absolute Gasteiger partial charge is 0.338 e. The maximum absolute atomic E-state index is 12.5. The monoisotopic (exact) mass is 334 g/mol. The Morgan fingerprint density at radius 1 is 1.14 bits per heavy atom. The van der Waals surface area contributed by atoms with Crippen LogP contribution in [0.3, 0.4) is 0 Å². The van der Waals surface area contributed by atoms with Crippen LogP contribution in [0.4, 0.5) is 0 Å². The van der Waals surface area contributed by atoms with E-state index in [4.69, 9.17) is 25.4 Å². The number of benzene rings is 1. The predicted octanol–water partition coefficient (Wildman–Crippen LogP) is 4.28. The van der Waals surface area contributed by atoms with Crippen LogP contribution < -0.4 is 0 Å². The number of halogens is 1. The Bertz CT molecular complexity index is 522. The summed E-state index contributed by atoms with van der Waals surface area (Å²) in [5, 5.41) is 0.334. The molecular formula is C14H20ClO5P. The molecule has 0 spiro atoms. The summed E-state index contributed by atoms with van der Waals surface area (Å²) in [6.45, 7) is 6.09. The summed E-state index contributed by atoms with van der Waals surface area (Å²) in [7, 11) is -3.22. The third kappa shape index (κ3) is 5.44. The molecule has 21 heavy (non-hydrogen) atoms. The molecule has 1 rings (SSSR count). The van der Waals surface area contributed by atoms with Crippen LogP contribution in [0, 0.1) is 0 Å². The topological polar surface area (TPSA) is 61.8 Å². The minimum atomic E-state index is -3.22. The molecule has 0 aliphatic carbocycles. The van der Waals surface area contributed by atoms with Gasteiger partial charge in [-0.1, -0.05) is 17.7 Å². The van der Waals surface area contributed by atoms with Gasteiger partial charge in [0.25, 0.3) is 0 Å². The second-order valence-electron chi connectivity index (χ2n) is 4.13. The Balaban J connectivity index is 2.94. The number of esters is 1. The van der Waals surface area contributed by atoms with Gasteiger partial charge < -0.3 is 13.8 Å². The van der Waals surface area contributed by atoms with Gasteiger partial charge in [0.1, 0.15) is 0 Å². The largest absolute Gasteiger partial charge is 0.462 e. The number of hydrogen-bond donors (Lipinski definition) is 0. The number of hydrogen-bond acceptors (Lipinski definition) is 5. The second-order valence-corrected chi connectivity index (χ2v) is 6.59. The van der Waals surface area contributed by atoms with Gasteiger partial charge in [-0.05, 0) is 38.5 Å². The van der Waals surface area contributed by atoms with Crippen molar-refractivity contribution in [3.05, 3.63) is 34.3 Å². The molecule has 1 aromatic carbocycles. The zero-order valence-corrected chi connectivity index (χ0v) is 14.1. The van der Waals surface area contributed by atoms with Gasteiger partial charge in [-0.2, -0.15) is 0 Å². The van der Waals surface area contributed by atoms with Gasteiger partial charge >= 0.3 is 13.6 Å². The molecule has 0 aromatic heterocycles. The highest BCUT2D eigenvalue weighted by Crippen LogP contribution is 2.52. The van der Waals surface area contributed by atoms with Gasteiger partial charge in [0.05, 0.1) is 31.5 Å². The molecule has 5 nitrogen and oxygen atoms in total. The van der Waals surface area contributed by atoms with Crippen LogP contribution in [-0.4, -0.2) is 25.8 Å². The highest BCUT2D eigenvalue weighted by Gasteiger charge is 2.25. The first-order valence-corrected chi connectivity index (χ1v) is 8.90. The Morgan fingerprint density at radius 2 is 1.76 bits per heavy atom. The SMILES string of the molecule is CCOC(=O)c1ccc(CP(=O)(OCC)OCC)c(Cl)c1. The molecule has 0 aliphatic heterocycles. The number of carbonyl (C=O) groups excluding carboxylic acids is 1. The van der Waals surface area contributed by atoms with Crippen LogP contribution >= 0.6 is 19.2 Å². The summed E-state index contributed by atoms with van der Waals surface area (Å²) < 4.78 is 27.8. The van der Waals surface area contributed by atoms with E-state index in [1.807, 2.05) is 0 Å². The molecule has 0 bridgehead atoms. The Labute approximate surface area is 130 Å². The highest BCUT2D eigenvalue weighted by molar-refractivity contribution is 7.53. The van der Waals surface area contributed by atoms with Crippen molar-refractivity contribution in [2.75, 3.05) is 19.8 Å². The fourth-order valence-electron chi connectivity index (χ4n) is 1.75. The first kappa shape index (κ1) is 18.2. The van der Waals surface area contributed by atoms with Gasteiger partial charge in [-0.3, -0.25) is 4.57 Å². The normalized spacial score (nSPS) is 11.4. The fraction of sp³-hybridized carbons (Fsp3) is 0.500. The molecule has 0 saturated heterocycles. The molecule has 0 aliphatic rings. The van der Waals surface area contributed by atoms with Crippen molar-refractivity contribution in [3.63, 3.8) is 0 Å². The Hall–Kier alpha value is -0.870. The zero-order chi connectivity index (χ0) is 15.9. The van der Waals surface area contributed by atoms with E-state index in [-0.39, 0.29) is 19.4 Å². The molecule has 1 aromatic rings. The summed E-state index contributed by atoms with van der Waals surface area (Å²) in [4.78, 5) is 11.6. The number of carbonyl (C=O) groups is 1. The summed E-state index contributed by atoms with van der Waals surface area (Å²) in [6.07, 6.45) is 0.0661. The van der Waals surface area contributed by atoms with Gasteiger partial charge in [0, 0.05) is 5.02 Å². The highest BCUT2D eigenvalue weighted by atomic mass is 35.5. The molecule has 0 atom stereocenters. The lowest BCUT2D eigenvalue weighted by Crippen LogP contribution is -2.05. The van der Waals surface area contributed by atoms with E-state index in [1.54, 1.807) is 32.9 Å². The van der Waals surface area contributed by atoms with Crippen molar-refractivity contribution >= 4 is 25.2 Å². The van der Waals surface area contributed by atoms with E-state index >= 15 is 0 Å². The maximum Gasteiger partial charge on any atom is 0.338 e. The third-order valence-electron chi connectivity index (χ3n) is 2.58. The van der Waals surface area contributed by atoms with Gasteiger partial charge in [0.15, 0.2) is 0 Å². The minimum absolute atomic E-state index is 0.0661. The van der Waals surface area contributed by atoms with Crippen molar-refractivity contribution in [2.45, 2.75) is 26.9 Å². The fourth-order valence-corrected chi connectivity index (χ4v) is 3.82. The van der Waals surface area contributed by atoms with E-state index in [0.29, 0.717) is 22.8 Å². The second kappa shape index (κ2) is 8.54. The maximum atomic E-state index is 12.5. The minimum Gasteiger partial charge on any atom is -0.462 e. The lowest BCUT2D eigenvalue weighted by atomic mass is 10.1. The van der Waals surface area contributed by atoms with Crippen LogP contribution in [0.1, 0.15) is 36.7 Å². The van der Waals surface area contributed by atoms with Crippen molar-refractivity contribution in [1.29, 1.82) is 0 Å². The third-order valence-corrected chi connectivity index (χ3v) is 4.96. The molecule has 0 amide bonds. The quantitative estimate of drug-likeness (QED) is 0.524. The van der Waals surface area contributed by atoms with Crippen LogP contribution in [0.25, 0.3) is 0 Å². The van der Waals surface area contributed by atoms with E-state index in [1.165, 1.54) is 6.07 Å². The molecule has 0 fully saturated rings. The zero-order valence-electron chi connectivity index (χ0n) is 12.4. The average Bonchev–Trinajstić information content (AvgIpc) is 2.42. The first-order chi connectivity index (χ1) is 9.95. The Kier molecular flexibility index (Phi) is 7.40. The Morgan fingerprint density at radius 3 is 2.24 bits per heavy atom. The molecule has 0 N–H and O–H groups in total. The summed E-state index contributed by atoms with van der Waals surface area (Å²) in [6, 6.07) is 4.72. The van der Waals surface area contributed by atoms with Crippen LogP contribution in [0.2, 0.25) is 5.02 Å². The van der Waals surface area contributed by atoms with Crippen LogP contribution in [-0.2, 0) is 24.5 Å². The molecule has 0 saturated carbocycles. The van der Waals surface area contributed by atoms with Crippen LogP contribution in [0.5, 0.6) is 0 Å². The number of ether oxygens (including phenoxy) is 1. The number of rotatable bonds is 8. The lowest BCUT2D eigenvalue weighted by molar-refractivity contribution is 0.0526. The van der Waals surface area contributed by atoms with Gasteiger partial charge in [-0.15, -0.1) is 0 Å². The van der Waals surface area contributed by atoms with Crippen molar-refractivity contribution in [2.24, 2.45) is 0 Å². The summed E-state index contributed by atoms with van der Waals surface area (Å²) in [5.41, 5.74) is 0.961. The molecule has 118 valence electrons. The van der Waals surface area contributed by atoms with E-state index < -0.39 is 13.6 Å². The van der Waals surface area contributed by atoms with Crippen LogP contribution in [0.15, 0.2) is 18.2 Å². The van der Waals surface area contributed by atoms with E-state index in [0.717, 1.165) is 0 Å². The van der Waals surface area contributed by atoms with E-state index in [9.17, 15) is 9.36 Å². The molecule has 0 unspecified atom stereocenters. The molecule has 0 heterocycles. The molecule has 0 radical (unpaired) electrons. The summed E-state index contributed by atoms with van der Waals surface area (Å²) in [5.74, 6) is -0.441.